The highest BCUT2D eigenvalue weighted by Crippen LogP contribution is 2.17. The van der Waals surface area contributed by atoms with Gasteiger partial charge in [0.2, 0.25) is 0 Å². The van der Waals surface area contributed by atoms with Crippen LogP contribution in [0.4, 0.5) is 0 Å². The van der Waals surface area contributed by atoms with E-state index in [1.807, 2.05) is 0 Å². The Hall–Kier alpha value is -5.52. The average molecular weight is 1290 g/mol. The second kappa shape index (κ2) is 81.7. The van der Waals surface area contributed by atoms with Crippen molar-refractivity contribution >= 4 is 11.9 Å². The lowest BCUT2D eigenvalue weighted by Crippen LogP contribution is -2.28. The van der Waals surface area contributed by atoms with Crippen molar-refractivity contribution in [2.45, 2.75) is 328 Å². The van der Waals surface area contributed by atoms with Gasteiger partial charge in [0, 0.05) is 12.8 Å². The molecule has 0 aromatic heterocycles. The highest BCUT2D eigenvalue weighted by Gasteiger charge is 2.16. The van der Waals surface area contributed by atoms with Crippen molar-refractivity contribution in [2.24, 2.45) is 0 Å². The van der Waals surface area contributed by atoms with Crippen molar-refractivity contribution in [3.8, 4) is 0 Å². The summed E-state index contributed by atoms with van der Waals surface area (Å²) >= 11 is 0. The Balaban J connectivity index is 3.55. The van der Waals surface area contributed by atoms with E-state index in [0.29, 0.717) is 12.8 Å². The minimum atomic E-state index is -0.797. The summed E-state index contributed by atoms with van der Waals surface area (Å²) in [7, 11) is 0. The van der Waals surface area contributed by atoms with Gasteiger partial charge in [-0.3, -0.25) is 9.59 Å². The van der Waals surface area contributed by atoms with Gasteiger partial charge in [-0.25, -0.2) is 0 Å². The first kappa shape index (κ1) is 88.5. The lowest BCUT2D eigenvalue weighted by Gasteiger charge is -2.15. The van der Waals surface area contributed by atoms with Crippen LogP contribution in [0.1, 0.15) is 322 Å². The maximum atomic E-state index is 12.4. The SMILES string of the molecule is CC/C=C\C/C=C\C/C=C\C/C=C\C/C=C\C/C=C\C/C=C\C/C=C\C/C=C\C/C=C\C/C=C\CCCCCCCC(=O)OC(CO)COC(=O)CCCCCCCCCCCCCCCCCCCCCCCC/C=C\C/C=C\C/C=C\C/C=C\C/C=C\C/C=C\CC. The summed E-state index contributed by atoms with van der Waals surface area (Å²) < 4.78 is 10.8. The van der Waals surface area contributed by atoms with Crippen molar-refractivity contribution in [1.29, 1.82) is 0 Å². The number of carbonyl (C=O) groups is 2. The van der Waals surface area contributed by atoms with Crippen molar-refractivity contribution in [3.05, 3.63) is 207 Å². The van der Waals surface area contributed by atoms with E-state index in [1.54, 1.807) is 0 Å². The predicted octanol–water partition coefficient (Wildman–Crippen LogP) is 27.7. The molecule has 0 amide bonds. The number of aliphatic hydroxyl groups is 1. The van der Waals surface area contributed by atoms with Gasteiger partial charge in [-0.05, 0) is 148 Å². The molecule has 5 heteroatoms. The second-order valence-corrected chi connectivity index (χ2v) is 25.0. The highest BCUT2D eigenvalue weighted by molar-refractivity contribution is 5.70. The van der Waals surface area contributed by atoms with Gasteiger partial charge >= 0.3 is 11.9 Å². The maximum absolute atomic E-state index is 12.4. The van der Waals surface area contributed by atoms with Crippen LogP contribution in [-0.4, -0.2) is 36.4 Å². The summed E-state index contributed by atoms with van der Waals surface area (Å²) in [5, 5.41) is 9.72. The monoisotopic (exact) mass is 1290 g/mol. The Morgan fingerprint density at radius 1 is 0.245 bits per heavy atom. The van der Waals surface area contributed by atoms with Crippen LogP contribution < -0.4 is 0 Å². The third-order valence-electron chi connectivity index (χ3n) is 16.1. The fraction of sp³-hybridized carbons (Fsp3) is 0.596. The number of hydrogen-bond donors (Lipinski definition) is 1. The van der Waals surface area contributed by atoms with Crippen LogP contribution in [0, 0.1) is 0 Å². The molecule has 0 aliphatic carbocycles. The van der Waals surface area contributed by atoms with Crippen LogP contribution >= 0.6 is 0 Å². The number of rotatable bonds is 69. The smallest absolute Gasteiger partial charge is 0.306 e. The molecule has 1 N–H and O–H groups in total. The number of esters is 2. The van der Waals surface area contributed by atoms with E-state index in [4.69, 9.17) is 9.47 Å². The minimum absolute atomic E-state index is 0.0825. The fourth-order valence-corrected chi connectivity index (χ4v) is 10.4. The van der Waals surface area contributed by atoms with Gasteiger partial charge in [0.1, 0.15) is 6.61 Å². The molecule has 0 aromatic rings. The summed E-state index contributed by atoms with van der Waals surface area (Å²) in [6, 6.07) is 0. The van der Waals surface area contributed by atoms with Crippen LogP contribution in [0.25, 0.3) is 0 Å². The quantitative estimate of drug-likeness (QED) is 0.0373. The number of aliphatic hydroxyl groups excluding tert-OH is 1. The number of carbonyl (C=O) groups excluding carboxylic acids is 2. The Kier molecular flexibility index (Phi) is 76.9. The molecule has 1 unspecified atom stereocenters. The molecule has 0 aliphatic heterocycles. The molecule has 0 saturated carbocycles. The first-order valence-electron chi connectivity index (χ1n) is 38.6. The summed E-state index contributed by atoms with van der Waals surface area (Å²) in [5.74, 6) is -0.615. The van der Waals surface area contributed by atoms with E-state index in [2.05, 4.69) is 220 Å². The van der Waals surface area contributed by atoms with Gasteiger partial charge < -0.3 is 14.6 Å². The van der Waals surface area contributed by atoms with Crippen LogP contribution in [0.2, 0.25) is 0 Å². The molecule has 5 nitrogen and oxygen atoms in total. The molecular formula is C89H142O5. The topological polar surface area (TPSA) is 72.8 Å². The largest absolute Gasteiger partial charge is 0.462 e. The van der Waals surface area contributed by atoms with E-state index in [1.165, 1.54) is 128 Å². The second-order valence-electron chi connectivity index (χ2n) is 25.0. The summed E-state index contributed by atoms with van der Waals surface area (Å²) in [6.45, 7) is 3.91. The number of allylic oxidation sites excluding steroid dienone is 34. The molecule has 94 heavy (non-hydrogen) atoms. The molecule has 0 radical (unpaired) electrons. The Morgan fingerprint density at radius 2 is 0.426 bits per heavy atom. The Morgan fingerprint density at radius 3 is 0.638 bits per heavy atom. The highest BCUT2D eigenvalue weighted by atomic mass is 16.6. The van der Waals surface area contributed by atoms with Gasteiger partial charge in [-0.1, -0.05) is 368 Å². The van der Waals surface area contributed by atoms with E-state index in [-0.39, 0.29) is 25.2 Å². The van der Waals surface area contributed by atoms with Gasteiger partial charge in [-0.15, -0.1) is 0 Å². The van der Waals surface area contributed by atoms with Crippen LogP contribution in [0.3, 0.4) is 0 Å². The van der Waals surface area contributed by atoms with Gasteiger partial charge in [0.15, 0.2) is 6.10 Å². The first-order valence-corrected chi connectivity index (χ1v) is 38.6. The zero-order valence-corrected chi connectivity index (χ0v) is 60.6. The van der Waals surface area contributed by atoms with Gasteiger partial charge in [0.05, 0.1) is 6.61 Å². The fourth-order valence-electron chi connectivity index (χ4n) is 10.4. The molecule has 0 rings (SSSR count). The van der Waals surface area contributed by atoms with Gasteiger partial charge in [0.25, 0.3) is 0 Å². The standard InChI is InChI=1S/C89H142O5/c1-3-5-7-9-11-13-15-17-19-21-23-25-27-29-31-33-35-37-39-41-43-44-46-47-49-51-53-55-57-59-61-63-65-67-69-71-73-75-77-79-81-83-88(91)93-86-87(85-90)94-89(92)84-82-80-78-76-74-72-70-68-66-64-62-60-58-56-54-52-50-48-45-42-40-38-36-34-32-30-28-26-24-22-20-18-16-14-12-10-8-6-4-2/h5-8,11-14,17-20,23-26,29-32,35-38,42,45,50,52,56,58,62,64,68,70,87,90H,3-4,9-10,15-16,21-22,27-28,33-34,39-41,43-44,46-49,51,53-55,57,59-61,63,65-67,69,71-86H2,1-2H3/b7-5-,8-6-,13-11-,14-12-,19-17-,20-18-,25-23-,26-24-,31-29-,32-30-,37-35-,38-36-,45-42-,52-50-,58-56-,64-62-,70-68-. The van der Waals surface area contributed by atoms with E-state index in [0.717, 1.165) is 167 Å². The predicted molar refractivity (Wildman–Crippen MR) is 416 cm³/mol. The number of unbranched alkanes of at least 4 members (excludes halogenated alkanes) is 27. The normalized spacial score (nSPS) is 13.4. The van der Waals surface area contributed by atoms with Crippen molar-refractivity contribution < 1.29 is 24.2 Å². The lowest BCUT2D eigenvalue weighted by atomic mass is 10.0. The molecule has 0 fully saturated rings. The zero-order valence-electron chi connectivity index (χ0n) is 60.6. The molecule has 0 saturated heterocycles. The minimum Gasteiger partial charge on any atom is -0.462 e. The Labute approximate surface area is 580 Å². The summed E-state index contributed by atoms with van der Waals surface area (Å²) in [5.41, 5.74) is 0. The number of ether oxygens (including phenoxy) is 2. The summed E-state index contributed by atoms with van der Waals surface area (Å²) in [4.78, 5) is 24.7. The maximum Gasteiger partial charge on any atom is 0.306 e. The molecule has 0 bridgehead atoms. The third-order valence-corrected chi connectivity index (χ3v) is 16.1. The van der Waals surface area contributed by atoms with Crippen LogP contribution in [-0.2, 0) is 19.1 Å². The number of hydrogen-bond acceptors (Lipinski definition) is 5. The van der Waals surface area contributed by atoms with E-state index < -0.39 is 6.10 Å². The molecular weight excluding hydrogens is 1150 g/mol. The van der Waals surface area contributed by atoms with E-state index >= 15 is 0 Å². The lowest BCUT2D eigenvalue weighted by molar-refractivity contribution is -0.161. The molecule has 528 valence electrons. The van der Waals surface area contributed by atoms with Crippen molar-refractivity contribution in [2.75, 3.05) is 13.2 Å². The molecule has 0 heterocycles. The van der Waals surface area contributed by atoms with Crippen LogP contribution in [0.15, 0.2) is 207 Å². The first-order chi connectivity index (χ1) is 46.6. The molecule has 0 aromatic carbocycles. The van der Waals surface area contributed by atoms with Crippen molar-refractivity contribution in [3.63, 3.8) is 0 Å². The van der Waals surface area contributed by atoms with Crippen molar-refractivity contribution in [1.82, 2.24) is 0 Å². The summed E-state index contributed by atoms with van der Waals surface area (Å²) in [6.07, 6.45) is 130. The average Bonchev–Trinajstić information content (AvgIpc) is 3.65. The zero-order chi connectivity index (χ0) is 67.5. The van der Waals surface area contributed by atoms with Gasteiger partial charge in [-0.2, -0.15) is 0 Å². The molecule has 0 spiro atoms. The van der Waals surface area contributed by atoms with E-state index in [9.17, 15) is 14.7 Å². The van der Waals surface area contributed by atoms with Crippen LogP contribution in [0.5, 0.6) is 0 Å². The molecule has 1 atom stereocenters. The Bertz CT molecular complexity index is 2160. The molecule has 0 aliphatic rings. The third kappa shape index (κ3) is 78.9.